The van der Waals surface area contributed by atoms with E-state index in [4.69, 9.17) is 9.47 Å². The van der Waals surface area contributed by atoms with Crippen LogP contribution in [0.2, 0.25) is 0 Å². The van der Waals surface area contributed by atoms with Crippen molar-refractivity contribution < 1.29 is 31.4 Å². The van der Waals surface area contributed by atoms with Crippen LogP contribution in [0.15, 0.2) is 41.5 Å². The summed E-state index contributed by atoms with van der Waals surface area (Å²) < 4.78 is 79.8. The number of fused-ring (bicyclic) bond motifs is 1. The molecular formula is C23H17F5N4O3. The van der Waals surface area contributed by atoms with Crippen molar-refractivity contribution in [1.82, 2.24) is 14.5 Å². The highest BCUT2D eigenvalue weighted by Gasteiger charge is 2.60. The molecule has 7 nitrogen and oxygen atoms in total. The molecule has 1 aliphatic carbocycles. The van der Waals surface area contributed by atoms with Gasteiger partial charge in [-0.05, 0) is 42.5 Å². The third kappa shape index (κ3) is 3.58. The Bertz CT molecular complexity index is 1380. The summed E-state index contributed by atoms with van der Waals surface area (Å²) in [6.07, 6.45) is -1.10. The van der Waals surface area contributed by atoms with Crippen LogP contribution in [0.4, 0.5) is 27.8 Å². The zero-order chi connectivity index (χ0) is 24.5. The molecule has 0 unspecified atom stereocenters. The molecule has 3 aliphatic heterocycles. The van der Waals surface area contributed by atoms with Crippen molar-refractivity contribution in [3.63, 3.8) is 0 Å². The van der Waals surface area contributed by atoms with Gasteiger partial charge in [-0.25, -0.2) is 13.6 Å². The van der Waals surface area contributed by atoms with Crippen LogP contribution in [0, 0.1) is 17.6 Å². The number of rotatable bonds is 5. The molecule has 1 aromatic carbocycles. The van der Waals surface area contributed by atoms with E-state index in [9.17, 15) is 26.7 Å². The second-order valence-corrected chi connectivity index (χ2v) is 9.12. The highest BCUT2D eigenvalue weighted by atomic mass is 19.4. The van der Waals surface area contributed by atoms with E-state index < -0.39 is 40.6 Å². The molecule has 4 aliphatic rings. The first-order valence-electron chi connectivity index (χ1n) is 10.8. The number of aromatic nitrogens is 3. The van der Waals surface area contributed by atoms with E-state index in [1.165, 1.54) is 0 Å². The number of benzene rings is 1. The van der Waals surface area contributed by atoms with E-state index >= 15 is 0 Å². The molecular weight excluding hydrogens is 475 g/mol. The third-order valence-electron chi connectivity index (χ3n) is 6.75. The molecule has 0 N–H and O–H groups in total. The van der Waals surface area contributed by atoms with E-state index in [-0.39, 0.29) is 23.6 Å². The Balaban J connectivity index is 1.19. The Hall–Kier alpha value is -3.70. The first-order chi connectivity index (χ1) is 16.6. The summed E-state index contributed by atoms with van der Waals surface area (Å²) in [6.45, 7) is 1.19. The molecule has 0 atom stereocenters. The Morgan fingerprint density at radius 3 is 2.54 bits per heavy atom. The highest BCUT2D eigenvalue weighted by Crippen LogP contribution is 2.56. The molecule has 182 valence electrons. The van der Waals surface area contributed by atoms with Gasteiger partial charge in [-0.3, -0.25) is 9.55 Å². The summed E-state index contributed by atoms with van der Waals surface area (Å²) in [5.74, 6) is -2.21. The standard InChI is InChI=1S/C23H17F5N4O3/c24-16-1-12(2-17(25)20(16)35-15-3-14(7-29-8-15)23(26,27)28)10-34-18-4-19-31(21(33)30-18)11-22-5-13(6-22)9-32(19)22/h1-4,7-8,13H,5-6,9-11H2. The fraction of sp³-hybridized carbons (Fsp3) is 0.348. The lowest BCUT2D eigenvalue weighted by atomic mass is 9.74. The maximum Gasteiger partial charge on any atom is 0.418 e. The lowest BCUT2D eigenvalue weighted by molar-refractivity contribution is -0.137. The predicted molar refractivity (Wildman–Crippen MR) is 111 cm³/mol. The van der Waals surface area contributed by atoms with Crippen LogP contribution in [0.3, 0.4) is 0 Å². The van der Waals surface area contributed by atoms with Crippen LogP contribution in [0.1, 0.15) is 24.0 Å². The van der Waals surface area contributed by atoms with E-state index in [2.05, 4.69) is 14.9 Å². The molecule has 2 aromatic heterocycles. The van der Waals surface area contributed by atoms with E-state index in [1.807, 2.05) is 0 Å². The van der Waals surface area contributed by atoms with Gasteiger partial charge in [0.05, 0.1) is 23.8 Å². The van der Waals surface area contributed by atoms with Crippen molar-refractivity contribution in [2.75, 3.05) is 11.4 Å². The summed E-state index contributed by atoms with van der Waals surface area (Å²) in [4.78, 5) is 22.0. The van der Waals surface area contributed by atoms with Gasteiger partial charge in [0, 0.05) is 18.8 Å². The second kappa shape index (κ2) is 7.40. The quantitative estimate of drug-likeness (QED) is 0.495. The summed E-state index contributed by atoms with van der Waals surface area (Å²) in [5, 5.41) is 0. The second-order valence-electron chi connectivity index (χ2n) is 9.12. The minimum atomic E-state index is -4.69. The van der Waals surface area contributed by atoms with Crippen LogP contribution >= 0.6 is 0 Å². The molecule has 7 rings (SSSR count). The molecule has 2 saturated heterocycles. The Kier molecular flexibility index (Phi) is 4.61. The van der Waals surface area contributed by atoms with Gasteiger partial charge in [0.15, 0.2) is 17.4 Å². The van der Waals surface area contributed by atoms with Crippen molar-refractivity contribution in [2.45, 2.75) is 37.7 Å². The molecule has 0 amide bonds. The van der Waals surface area contributed by atoms with Crippen LogP contribution in [-0.4, -0.2) is 26.6 Å². The number of hydrogen-bond acceptors (Lipinski definition) is 6. The van der Waals surface area contributed by atoms with E-state index in [0.29, 0.717) is 24.7 Å². The molecule has 0 radical (unpaired) electrons. The molecule has 35 heavy (non-hydrogen) atoms. The maximum absolute atomic E-state index is 14.6. The average Bonchev–Trinajstić information content (AvgIpc) is 3.41. The van der Waals surface area contributed by atoms with Gasteiger partial charge < -0.3 is 14.4 Å². The highest BCUT2D eigenvalue weighted by molar-refractivity contribution is 5.54. The molecule has 1 saturated carbocycles. The van der Waals surface area contributed by atoms with E-state index in [0.717, 1.165) is 43.5 Å². The van der Waals surface area contributed by atoms with Crippen LogP contribution < -0.4 is 20.1 Å². The van der Waals surface area contributed by atoms with Crippen molar-refractivity contribution >= 4 is 5.82 Å². The van der Waals surface area contributed by atoms with Crippen LogP contribution in [-0.2, 0) is 19.3 Å². The van der Waals surface area contributed by atoms with Gasteiger partial charge in [0.25, 0.3) is 0 Å². The number of pyridine rings is 1. The monoisotopic (exact) mass is 492 g/mol. The van der Waals surface area contributed by atoms with Gasteiger partial charge >= 0.3 is 11.9 Å². The fourth-order valence-electron chi connectivity index (χ4n) is 5.28. The predicted octanol–water partition coefficient (Wildman–Crippen LogP) is 4.29. The number of nitrogens with zero attached hydrogens (tertiary/aromatic N) is 4. The molecule has 12 heteroatoms. The summed E-state index contributed by atoms with van der Waals surface area (Å²) in [6, 6.07) is 4.12. The Morgan fingerprint density at radius 1 is 1.09 bits per heavy atom. The van der Waals surface area contributed by atoms with Crippen molar-refractivity contribution in [3.8, 4) is 17.4 Å². The lowest BCUT2D eigenvalue weighted by Gasteiger charge is -2.37. The number of hydrogen-bond donors (Lipinski definition) is 0. The molecule has 2 bridgehead atoms. The number of anilines is 1. The van der Waals surface area contributed by atoms with Crippen LogP contribution in [0.5, 0.6) is 17.4 Å². The SMILES string of the molecule is O=c1nc(OCc2cc(F)c(Oc3cncc(C(F)(F)F)c3)c(F)c2)cc2n1CC13CC(CN21)C3. The van der Waals surface area contributed by atoms with Gasteiger partial charge in [-0.2, -0.15) is 18.2 Å². The van der Waals surface area contributed by atoms with Crippen molar-refractivity contribution in [1.29, 1.82) is 0 Å². The van der Waals surface area contributed by atoms with Gasteiger partial charge in [-0.1, -0.05) is 0 Å². The van der Waals surface area contributed by atoms with Crippen molar-refractivity contribution in [2.24, 2.45) is 5.92 Å². The summed E-state index contributed by atoms with van der Waals surface area (Å²) >= 11 is 0. The Morgan fingerprint density at radius 2 is 1.83 bits per heavy atom. The fourth-order valence-corrected chi connectivity index (χ4v) is 5.28. The molecule has 5 heterocycles. The molecule has 3 fully saturated rings. The zero-order valence-electron chi connectivity index (χ0n) is 18.0. The number of alkyl halides is 3. The van der Waals surface area contributed by atoms with Gasteiger partial charge in [-0.15, -0.1) is 0 Å². The first-order valence-corrected chi connectivity index (χ1v) is 10.8. The van der Waals surface area contributed by atoms with Gasteiger partial charge in [0.2, 0.25) is 5.88 Å². The number of halogens is 5. The Labute approximate surface area is 194 Å². The average molecular weight is 492 g/mol. The lowest BCUT2D eigenvalue weighted by Crippen LogP contribution is -2.44. The van der Waals surface area contributed by atoms with Gasteiger partial charge in [0.1, 0.15) is 18.2 Å². The smallest absolute Gasteiger partial charge is 0.418 e. The largest absolute Gasteiger partial charge is 0.473 e. The minimum absolute atomic E-state index is 0.00560. The maximum atomic E-state index is 14.6. The van der Waals surface area contributed by atoms with E-state index in [1.54, 1.807) is 10.6 Å². The van der Waals surface area contributed by atoms with Crippen LogP contribution in [0.25, 0.3) is 0 Å². The normalized spacial score (nSPS) is 22.0. The topological polar surface area (TPSA) is 69.5 Å². The zero-order valence-corrected chi connectivity index (χ0v) is 18.0. The third-order valence-corrected chi connectivity index (χ3v) is 6.75. The first kappa shape index (κ1) is 21.8. The summed E-state index contributed by atoms with van der Waals surface area (Å²) in [7, 11) is 0. The molecule has 1 spiro atoms. The molecule has 3 aromatic rings. The minimum Gasteiger partial charge on any atom is -0.473 e. The number of ether oxygens (including phenoxy) is 2. The summed E-state index contributed by atoms with van der Waals surface area (Å²) in [5.41, 5.74) is -1.48. The van der Waals surface area contributed by atoms with Crippen molar-refractivity contribution in [3.05, 3.63) is 69.9 Å².